The first-order chi connectivity index (χ1) is 20.7. The maximum atomic E-state index is 14.1. The molecule has 8 nitrogen and oxygen atoms in total. The summed E-state index contributed by atoms with van der Waals surface area (Å²) >= 11 is 1.51. The van der Waals surface area contributed by atoms with Crippen LogP contribution in [0.2, 0.25) is 0 Å². The van der Waals surface area contributed by atoms with Crippen molar-refractivity contribution in [3.63, 3.8) is 0 Å². The van der Waals surface area contributed by atoms with Crippen LogP contribution >= 0.6 is 11.8 Å². The topological polar surface area (TPSA) is 96.0 Å². The third kappa shape index (κ3) is 8.54. The number of thioether (sulfide) groups is 1. The Morgan fingerprint density at radius 1 is 0.953 bits per heavy atom. The van der Waals surface area contributed by atoms with E-state index in [1.807, 2.05) is 43.5 Å². The molecule has 0 aliphatic heterocycles. The molecule has 4 rings (SSSR count). The molecule has 1 fully saturated rings. The molecule has 1 aliphatic rings. The van der Waals surface area contributed by atoms with E-state index >= 15 is 0 Å². The minimum atomic E-state index is -4.14. The molecule has 0 unspecified atom stereocenters. The van der Waals surface area contributed by atoms with Crippen molar-refractivity contribution in [1.82, 2.24) is 10.2 Å². The third-order valence-corrected chi connectivity index (χ3v) is 10.2. The van der Waals surface area contributed by atoms with E-state index in [1.165, 1.54) is 16.7 Å². The number of hydrogen-bond donors (Lipinski definition) is 1. The van der Waals surface area contributed by atoms with Gasteiger partial charge in [0.05, 0.1) is 17.2 Å². The summed E-state index contributed by atoms with van der Waals surface area (Å²) in [5.74, 6) is -0.120. The molecule has 1 atom stereocenters. The fourth-order valence-corrected chi connectivity index (χ4v) is 7.03. The number of anilines is 1. The minimum Gasteiger partial charge on any atom is -0.494 e. The van der Waals surface area contributed by atoms with Gasteiger partial charge in [0.1, 0.15) is 18.3 Å². The summed E-state index contributed by atoms with van der Waals surface area (Å²) in [4.78, 5) is 30.0. The summed E-state index contributed by atoms with van der Waals surface area (Å²) in [5, 5.41) is 3.13. The van der Waals surface area contributed by atoms with Gasteiger partial charge in [-0.2, -0.15) is 0 Å². The van der Waals surface area contributed by atoms with Crippen molar-refractivity contribution in [3.05, 3.63) is 84.4 Å². The number of benzene rings is 3. The molecule has 1 aliphatic carbocycles. The highest BCUT2D eigenvalue weighted by Crippen LogP contribution is 2.28. The molecule has 0 saturated heterocycles. The molecule has 2 amide bonds. The minimum absolute atomic E-state index is 0.0738. The summed E-state index contributed by atoms with van der Waals surface area (Å²) in [6.45, 7) is 3.73. The van der Waals surface area contributed by atoms with E-state index in [1.54, 1.807) is 55.5 Å². The van der Waals surface area contributed by atoms with Crippen molar-refractivity contribution in [2.75, 3.05) is 23.7 Å². The Morgan fingerprint density at radius 2 is 1.60 bits per heavy atom. The van der Waals surface area contributed by atoms with Crippen molar-refractivity contribution in [3.8, 4) is 5.75 Å². The second-order valence-corrected chi connectivity index (χ2v) is 13.4. The fraction of sp³-hybridized carbons (Fsp3) is 0.394. The van der Waals surface area contributed by atoms with Gasteiger partial charge < -0.3 is 15.0 Å². The number of sulfonamides is 1. The molecule has 10 heteroatoms. The molecule has 1 saturated carbocycles. The smallest absolute Gasteiger partial charge is 0.264 e. The second-order valence-electron chi connectivity index (χ2n) is 10.6. The van der Waals surface area contributed by atoms with Crippen LogP contribution in [0.15, 0.2) is 88.7 Å². The Balaban J connectivity index is 1.67. The van der Waals surface area contributed by atoms with Crippen molar-refractivity contribution in [2.24, 2.45) is 0 Å². The lowest BCUT2D eigenvalue weighted by molar-refractivity contribution is -0.139. The first-order valence-electron chi connectivity index (χ1n) is 14.8. The molecule has 230 valence electrons. The van der Waals surface area contributed by atoms with Gasteiger partial charge in [-0.1, -0.05) is 49.6 Å². The number of amides is 2. The lowest BCUT2D eigenvalue weighted by atomic mass is 9.95. The molecule has 0 spiro atoms. The van der Waals surface area contributed by atoms with E-state index in [0.717, 1.165) is 46.9 Å². The molecular formula is C33H41N3O5S2. The normalized spacial score (nSPS) is 14.5. The van der Waals surface area contributed by atoms with Crippen LogP contribution in [-0.4, -0.2) is 56.6 Å². The average molecular weight is 624 g/mol. The predicted molar refractivity (Wildman–Crippen MR) is 172 cm³/mol. The second kappa shape index (κ2) is 15.3. The van der Waals surface area contributed by atoms with Crippen LogP contribution in [0.3, 0.4) is 0 Å². The van der Waals surface area contributed by atoms with Gasteiger partial charge in [-0.25, -0.2) is 8.42 Å². The molecule has 3 aromatic rings. The zero-order valence-corrected chi connectivity index (χ0v) is 26.7. The number of rotatable bonds is 13. The summed E-state index contributed by atoms with van der Waals surface area (Å²) < 4.78 is 34.8. The largest absolute Gasteiger partial charge is 0.494 e. The van der Waals surface area contributed by atoms with Crippen LogP contribution < -0.4 is 14.4 Å². The zero-order valence-electron chi connectivity index (χ0n) is 25.1. The summed E-state index contributed by atoms with van der Waals surface area (Å²) in [7, 11) is -4.14. The quantitative estimate of drug-likeness (QED) is 0.240. The highest BCUT2D eigenvalue weighted by molar-refractivity contribution is 7.98. The van der Waals surface area contributed by atoms with Gasteiger partial charge in [0.15, 0.2) is 0 Å². The molecular weight excluding hydrogens is 583 g/mol. The zero-order chi connectivity index (χ0) is 30.8. The SMILES string of the molecule is CCOc1ccc(N(CC(=O)N(Cc2ccccc2)[C@H](C)C(=O)NC2CCCCC2)S(=O)(=O)c2ccc(SC)cc2)cc1. The maximum absolute atomic E-state index is 14.1. The fourth-order valence-electron chi connectivity index (χ4n) is 5.21. The lowest BCUT2D eigenvalue weighted by Crippen LogP contribution is -2.53. The van der Waals surface area contributed by atoms with Crippen LogP contribution in [0.4, 0.5) is 5.69 Å². The highest BCUT2D eigenvalue weighted by atomic mass is 32.2. The van der Waals surface area contributed by atoms with E-state index in [0.29, 0.717) is 18.0 Å². The van der Waals surface area contributed by atoms with Crippen molar-refractivity contribution in [2.45, 2.75) is 74.4 Å². The van der Waals surface area contributed by atoms with Crippen molar-refractivity contribution >= 4 is 39.3 Å². The monoisotopic (exact) mass is 623 g/mol. The van der Waals surface area contributed by atoms with Crippen LogP contribution in [0.5, 0.6) is 5.75 Å². The number of hydrogen-bond acceptors (Lipinski definition) is 6. The van der Waals surface area contributed by atoms with E-state index in [4.69, 9.17) is 4.74 Å². The Morgan fingerprint density at radius 3 is 2.21 bits per heavy atom. The van der Waals surface area contributed by atoms with E-state index < -0.39 is 28.5 Å². The van der Waals surface area contributed by atoms with Crippen LogP contribution in [0.25, 0.3) is 0 Å². The summed E-state index contributed by atoms with van der Waals surface area (Å²) in [6.07, 6.45) is 7.06. The van der Waals surface area contributed by atoms with Gasteiger partial charge >= 0.3 is 0 Å². The van der Waals surface area contributed by atoms with Crippen molar-refractivity contribution in [1.29, 1.82) is 0 Å². The Labute approximate surface area is 259 Å². The summed E-state index contributed by atoms with van der Waals surface area (Å²) in [6, 6.07) is 21.9. The first kappa shape index (κ1) is 32.4. The predicted octanol–water partition coefficient (Wildman–Crippen LogP) is 5.87. The van der Waals surface area contributed by atoms with Crippen molar-refractivity contribution < 1.29 is 22.7 Å². The average Bonchev–Trinajstić information content (AvgIpc) is 3.03. The number of nitrogens with one attached hydrogen (secondary N) is 1. The Hall–Kier alpha value is -3.50. The van der Waals surface area contributed by atoms with Gasteiger partial charge in [-0.3, -0.25) is 13.9 Å². The molecule has 0 aromatic heterocycles. The van der Waals surface area contributed by atoms with Crippen LogP contribution in [0.1, 0.15) is 51.5 Å². The number of carbonyl (C=O) groups excluding carboxylic acids is 2. The Kier molecular flexibility index (Phi) is 11.5. The van der Waals surface area contributed by atoms with E-state index in [-0.39, 0.29) is 23.4 Å². The van der Waals surface area contributed by atoms with Gasteiger partial charge in [0.25, 0.3) is 10.0 Å². The molecule has 1 N–H and O–H groups in total. The molecule has 3 aromatic carbocycles. The Bertz CT molecular complexity index is 1440. The van der Waals surface area contributed by atoms with E-state index in [9.17, 15) is 18.0 Å². The molecule has 0 radical (unpaired) electrons. The van der Waals surface area contributed by atoms with Crippen LogP contribution in [0, 0.1) is 0 Å². The molecule has 0 bridgehead atoms. The number of carbonyl (C=O) groups is 2. The molecule has 0 heterocycles. The van der Waals surface area contributed by atoms with Gasteiger partial charge in [-0.15, -0.1) is 11.8 Å². The van der Waals surface area contributed by atoms with Crippen LogP contribution in [-0.2, 0) is 26.2 Å². The van der Waals surface area contributed by atoms with E-state index in [2.05, 4.69) is 5.32 Å². The lowest BCUT2D eigenvalue weighted by Gasteiger charge is -2.33. The summed E-state index contributed by atoms with van der Waals surface area (Å²) in [5.41, 5.74) is 1.17. The van der Waals surface area contributed by atoms with Gasteiger partial charge in [0, 0.05) is 17.5 Å². The highest BCUT2D eigenvalue weighted by Gasteiger charge is 2.33. The standard InChI is InChI=1S/C33H41N3O5S2/c1-4-41-29-17-15-28(16-18-29)36(43(39,40)31-21-19-30(42-3)20-22-31)24-32(37)35(23-26-11-7-5-8-12-26)25(2)33(38)34-27-13-9-6-10-14-27/h5,7-8,11-12,15-22,25,27H,4,6,9-10,13-14,23-24H2,1-3H3,(H,34,38)/t25-/m1/s1. The van der Waals surface area contributed by atoms with Gasteiger partial charge in [-0.05, 0) is 87.0 Å². The third-order valence-electron chi connectivity index (χ3n) is 7.68. The number of ether oxygens (including phenoxy) is 1. The maximum Gasteiger partial charge on any atom is 0.264 e. The number of nitrogens with zero attached hydrogens (tertiary/aromatic N) is 2. The van der Waals surface area contributed by atoms with Gasteiger partial charge in [0.2, 0.25) is 11.8 Å². The first-order valence-corrected chi connectivity index (χ1v) is 17.4. The molecule has 43 heavy (non-hydrogen) atoms.